The fourth-order valence-corrected chi connectivity index (χ4v) is 1.89. The molecule has 0 aliphatic heterocycles. The maximum atomic E-state index is 5.25. The number of hydrogen-bond donors (Lipinski definition) is 1. The number of rotatable bonds is 9. The van der Waals surface area contributed by atoms with Gasteiger partial charge >= 0.3 is 0 Å². The van der Waals surface area contributed by atoms with E-state index in [0.717, 1.165) is 12.5 Å². The summed E-state index contributed by atoms with van der Waals surface area (Å²) in [7, 11) is 1.78. The third kappa shape index (κ3) is 8.12. The molecule has 0 radical (unpaired) electrons. The first-order valence-corrected chi connectivity index (χ1v) is 6.72. The van der Waals surface area contributed by atoms with Gasteiger partial charge in [-0.3, -0.25) is 0 Å². The van der Waals surface area contributed by atoms with Gasteiger partial charge in [0.15, 0.2) is 0 Å². The lowest BCUT2D eigenvalue weighted by Crippen LogP contribution is -2.42. The number of nitrogens with one attached hydrogen (secondary N) is 1. The first kappa shape index (κ1) is 15.9. The van der Waals surface area contributed by atoms with E-state index >= 15 is 0 Å². The third-order valence-electron chi connectivity index (χ3n) is 3.07. The van der Waals surface area contributed by atoms with Crippen LogP contribution >= 0.6 is 0 Å². The summed E-state index contributed by atoms with van der Waals surface area (Å²) in [6, 6.07) is 1.08. The van der Waals surface area contributed by atoms with E-state index in [0.29, 0.717) is 18.0 Å². The molecule has 0 aromatic heterocycles. The molecule has 1 N–H and O–H groups in total. The molecule has 0 amide bonds. The van der Waals surface area contributed by atoms with Crippen LogP contribution in [0, 0.1) is 11.8 Å². The van der Waals surface area contributed by atoms with E-state index in [1.807, 2.05) is 0 Å². The second-order valence-electron chi connectivity index (χ2n) is 5.70. The van der Waals surface area contributed by atoms with Crippen molar-refractivity contribution in [1.82, 2.24) is 5.32 Å². The van der Waals surface area contributed by atoms with E-state index in [2.05, 4.69) is 39.9 Å². The fraction of sp³-hybridized carbons (Fsp3) is 1.00. The van der Waals surface area contributed by atoms with Crippen LogP contribution in [0.2, 0.25) is 0 Å². The third-order valence-corrected chi connectivity index (χ3v) is 3.07. The quantitative estimate of drug-likeness (QED) is 0.654. The summed E-state index contributed by atoms with van der Waals surface area (Å²) < 4.78 is 5.25. The molecule has 0 aromatic carbocycles. The van der Waals surface area contributed by atoms with Gasteiger partial charge < -0.3 is 10.1 Å². The van der Waals surface area contributed by atoms with Crippen LogP contribution in [-0.2, 0) is 4.74 Å². The molecule has 2 nitrogen and oxygen atoms in total. The van der Waals surface area contributed by atoms with Crippen LogP contribution in [0.3, 0.4) is 0 Å². The van der Waals surface area contributed by atoms with Crippen molar-refractivity contribution in [2.24, 2.45) is 11.8 Å². The van der Waals surface area contributed by atoms with Crippen LogP contribution in [-0.4, -0.2) is 25.8 Å². The van der Waals surface area contributed by atoms with Gasteiger partial charge in [-0.15, -0.1) is 0 Å². The monoisotopic (exact) mass is 229 g/mol. The highest BCUT2D eigenvalue weighted by Gasteiger charge is 2.15. The van der Waals surface area contributed by atoms with Crippen LogP contribution in [0.4, 0.5) is 0 Å². The van der Waals surface area contributed by atoms with E-state index in [1.165, 1.54) is 19.3 Å². The summed E-state index contributed by atoms with van der Waals surface area (Å²) in [6.07, 6.45) is 3.93. The lowest BCUT2D eigenvalue weighted by atomic mass is 10.0. The van der Waals surface area contributed by atoms with Crippen molar-refractivity contribution in [3.8, 4) is 0 Å². The molecule has 0 saturated heterocycles. The largest absolute Gasteiger partial charge is 0.383 e. The zero-order valence-electron chi connectivity index (χ0n) is 12.0. The summed E-state index contributed by atoms with van der Waals surface area (Å²) in [6.45, 7) is 12.2. The average molecular weight is 229 g/mol. The molecule has 0 fully saturated rings. The van der Waals surface area contributed by atoms with Crippen LogP contribution in [0.25, 0.3) is 0 Å². The Morgan fingerprint density at radius 1 is 1.00 bits per heavy atom. The predicted octanol–water partition coefficient (Wildman–Crippen LogP) is 3.46. The zero-order chi connectivity index (χ0) is 12.6. The van der Waals surface area contributed by atoms with Gasteiger partial charge in [0.05, 0.1) is 6.61 Å². The lowest BCUT2D eigenvalue weighted by molar-refractivity contribution is 0.140. The second-order valence-corrected chi connectivity index (χ2v) is 5.70. The molecular formula is C14H31NO. The summed E-state index contributed by atoms with van der Waals surface area (Å²) in [5.74, 6) is 1.46. The molecule has 0 heterocycles. The van der Waals surface area contributed by atoms with Crippen LogP contribution < -0.4 is 5.32 Å². The van der Waals surface area contributed by atoms with Crippen LogP contribution in [0.5, 0.6) is 0 Å². The summed E-state index contributed by atoms with van der Waals surface area (Å²) >= 11 is 0. The maximum absolute atomic E-state index is 5.25. The van der Waals surface area contributed by atoms with Gasteiger partial charge in [-0.1, -0.05) is 40.5 Å². The Morgan fingerprint density at radius 3 is 2.06 bits per heavy atom. The number of ether oxygens (including phenoxy) is 1. The highest BCUT2D eigenvalue weighted by Crippen LogP contribution is 2.10. The molecule has 2 atom stereocenters. The molecule has 98 valence electrons. The summed E-state index contributed by atoms with van der Waals surface area (Å²) in [4.78, 5) is 0. The topological polar surface area (TPSA) is 21.3 Å². The zero-order valence-corrected chi connectivity index (χ0v) is 12.0. The Hall–Kier alpha value is -0.0800. The molecule has 0 spiro atoms. The summed E-state index contributed by atoms with van der Waals surface area (Å²) in [5.41, 5.74) is 0. The van der Waals surface area contributed by atoms with E-state index in [4.69, 9.17) is 4.74 Å². The van der Waals surface area contributed by atoms with Crippen molar-refractivity contribution in [3.05, 3.63) is 0 Å². The van der Waals surface area contributed by atoms with Crippen molar-refractivity contribution >= 4 is 0 Å². The highest BCUT2D eigenvalue weighted by atomic mass is 16.5. The SMILES string of the molecule is COCC(NC(C)CCCC(C)C)C(C)C. The molecule has 2 heteroatoms. The van der Waals surface area contributed by atoms with Gasteiger partial charge in [-0.05, 0) is 25.2 Å². The van der Waals surface area contributed by atoms with E-state index in [1.54, 1.807) is 7.11 Å². The Bertz CT molecular complexity index is 157. The normalized spacial score (nSPS) is 15.8. The molecule has 16 heavy (non-hydrogen) atoms. The predicted molar refractivity (Wildman–Crippen MR) is 71.8 cm³/mol. The molecule has 0 saturated carbocycles. The Balaban J connectivity index is 3.76. The highest BCUT2D eigenvalue weighted by molar-refractivity contribution is 4.74. The van der Waals surface area contributed by atoms with Gasteiger partial charge in [0.2, 0.25) is 0 Å². The van der Waals surface area contributed by atoms with Crippen molar-refractivity contribution in [1.29, 1.82) is 0 Å². The van der Waals surface area contributed by atoms with Crippen LogP contribution in [0.1, 0.15) is 53.9 Å². The molecule has 0 rings (SSSR count). The Labute approximate surface area is 102 Å². The van der Waals surface area contributed by atoms with E-state index in [9.17, 15) is 0 Å². The fourth-order valence-electron chi connectivity index (χ4n) is 1.89. The van der Waals surface area contributed by atoms with Crippen molar-refractivity contribution in [2.75, 3.05) is 13.7 Å². The molecular weight excluding hydrogens is 198 g/mol. The van der Waals surface area contributed by atoms with Gasteiger partial charge in [-0.2, -0.15) is 0 Å². The molecule has 2 unspecified atom stereocenters. The van der Waals surface area contributed by atoms with Crippen molar-refractivity contribution < 1.29 is 4.74 Å². The smallest absolute Gasteiger partial charge is 0.0618 e. The standard InChI is InChI=1S/C14H31NO/c1-11(2)8-7-9-13(5)15-14(10-16-6)12(3)4/h11-15H,7-10H2,1-6H3. The van der Waals surface area contributed by atoms with Gasteiger partial charge in [-0.25, -0.2) is 0 Å². The van der Waals surface area contributed by atoms with E-state index < -0.39 is 0 Å². The number of methoxy groups -OCH3 is 1. The van der Waals surface area contributed by atoms with Crippen molar-refractivity contribution in [3.63, 3.8) is 0 Å². The first-order valence-electron chi connectivity index (χ1n) is 6.72. The average Bonchev–Trinajstić information content (AvgIpc) is 2.16. The Kier molecular flexibility index (Phi) is 8.96. The molecule has 0 aromatic rings. The minimum atomic E-state index is 0.485. The molecule has 0 aliphatic carbocycles. The minimum absolute atomic E-state index is 0.485. The summed E-state index contributed by atoms with van der Waals surface area (Å²) in [5, 5.41) is 3.67. The van der Waals surface area contributed by atoms with Crippen molar-refractivity contribution in [2.45, 2.75) is 66.0 Å². The van der Waals surface area contributed by atoms with Gasteiger partial charge in [0, 0.05) is 19.2 Å². The van der Waals surface area contributed by atoms with Gasteiger partial charge in [0.25, 0.3) is 0 Å². The van der Waals surface area contributed by atoms with Gasteiger partial charge in [0.1, 0.15) is 0 Å². The van der Waals surface area contributed by atoms with E-state index in [-0.39, 0.29) is 0 Å². The lowest BCUT2D eigenvalue weighted by Gasteiger charge is -2.26. The number of hydrogen-bond acceptors (Lipinski definition) is 2. The van der Waals surface area contributed by atoms with Crippen LogP contribution in [0.15, 0.2) is 0 Å². The molecule has 0 bridgehead atoms. The molecule has 0 aliphatic rings. The minimum Gasteiger partial charge on any atom is -0.383 e. The second kappa shape index (κ2) is 9.00. The Morgan fingerprint density at radius 2 is 1.62 bits per heavy atom. The first-order chi connectivity index (χ1) is 7.47. The maximum Gasteiger partial charge on any atom is 0.0618 e.